The molecule has 0 bridgehead atoms. The molecule has 0 aliphatic heterocycles. The number of hydrogen-bond donors (Lipinski definition) is 2. The van der Waals surface area contributed by atoms with Crippen molar-refractivity contribution in [1.29, 1.82) is 0 Å². The van der Waals surface area contributed by atoms with E-state index in [2.05, 4.69) is 4.98 Å². The van der Waals surface area contributed by atoms with Gasteiger partial charge in [0.15, 0.2) is 0 Å². The van der Waals surface area contributed by atoms with Gasteiger partial charge in [0, 0.05) is 22.0 Å². The number of carbonyl (C=O) groups is 2. The van der Waals surface area contributed by atoms with Crippen molar-refractivity contribution in [3.8, 4) is 0 Å². The Morgan fingerprint density at radius 2 is 2.10 bits per heavy atom. The number of aromatic amines is 1. The van der Waals surface area contributed by atoms with Crippen molar-refractivity contribution in [2.24, 2.45) is 0 Å². The first-order valence-electron chi connectivity index (χ1n) is 6.35. The third-order valence-corrected chi connectivity index (χ3v) is 3.60. The van der Waals surface area contributed by atoms with Gasteiger partial charge in [-0.15, -0.1) is 0 Å². The van der Waals surface area contributed by atoms with Crippen molar-refractivity contribution >= 4 is 34.4 Å². The van der Waals surface area contributed by atoms with Crippen molar-refractivity contribution in [2.75, 3.05) is 6.54 Å². The molecule has 0 unspecified atom stereocenters. The molecule has 2 aromatic rings. The van der Waals surface area contributed by atoms with Crippen LogP contribution in [0, 0.1) is 0 Å². The summed E-state index contributed by atoms with van der Waals surface area (Å²) >= 11 is 5.91. The Morgan fingerprint density at radius 3 is 2.75 bits per heavy atom. The fraction of sp³-hybridized carbons (Fsp3) is 0.286. The summed E-state index contributed by atoms with van der Waals surface area (Å²) in [5.74, 6) is -1.27. The van der Waals surface area contributed by atoms with Crippen LogP contribution in [-0.4, -0.2) is 39.5 Å². The van der Waals surface area contributed by atoms with Gasteiger partial charge in [-0.2, -0.15) is 0 Å². The highest BCUT2D eigenvalue weighted by Crippen LogP contribution is 2.29. The molecule has 0 radical (unpaired) electrons. The average molecular weight is 293 g/mol. The first-order valence-corrected chi connectivity index (χ1v) is 6.73. The van der Waals surface area contributed by atoms with E-state index in [9.17, 15) is 9.59 Å². The van der Waals surface area contributed by atoms with Crippen LogP contribution in [0.5, 0.6) is 0 Å². The number of carboxylic acids is 1. The molecule has 1 amide bonds. The number of rotatable bonds is 4. The number of aliphatic carboxylic acids is 1. The highest BCUT2D eigenvalue weighted by Gasteiger charge is 2.34. The number of H-pyrrole nitrogens is 1. The van der Waals surface area contributed by atoms with Gasteiger partial charge < -0.3 is 15.0 Å². The molecule has 1 saturated carbocycles. The van der Waals surface area contributed by atoms with E-state index in [0.29, 0.717) is 10.7 Å². The number of halogens is 1. The molecule has 104 valence electrons. The largest absolute Gasteiger partial charge is 0.480 e. The van der Waals surface area contributed by atoms with E-state index < -0.39 is 5.97 Å². The first kappa shape index (κ1) is 13.0. The Hall–Kier alpha value is -2.01. The minimum Gasteiger partial charge on any atom is -0.480 e. The standard InChI is InChI=1S/C14H13ClN2O3/c15-9-1-4-11-8(5-9)6-12(16-11)14(20)17(7-13(18)19)10-2-3-10/h1,4-6,10,16H,2-3,7H2,(H,18,19). The van der Waals surface area contributed by atoms with Gasteiger partial charge in [-0.3, -0.25) is 9.59 Å². The number of fused-ring (bicyclic) bond motifs is 1. The van der Waals surface area contributed by atoms with Gasteiger partial charge in [0.1, 0.15) is 12.2 Å². The van der Waals surface area contributed by atoms with Crippen molar-refractivity contribution in [3.05, 3.63) is 35.0 Å². The molecule has 0 saturated heterocycles. The number of aromatic nitrogens is 1. The smallest absolute Gasteiger partial charge is 0.323 e. The van der Waals surface area contributed by atoms with Gasteiger partial charge >= 0.3 is 5.97 Å². The summed E-state index contributed by atoms with van der Waals surface area (Å²) in [6.45, 7) is -0.264. The quantitative estimate of drug-likeness (QED) is 0.909. The van der Waals surface area contributed by atoms with E-state index in [-0.39, 0.29) is 18.5 Å². The Bertz CT molecular complexity index is 691. The van der Waals surface area contributed by atoms with Crippen LogP contribution >= 0.6 is 11.6 Å². The van der Waals surface area contributed by atoms with E-state index in [1.165, 1.54) is 4.90 Å². The van der Waals surface area contributed by atoms with Crippen molar-refractivity contribution in [3.63, 3.8) is 0 Å². The molecular formula is C14H13ClN2O3. The predicted molar refractivity (Wildman–Crippen MR) is 75.0 cm³/mol. The molecule has 20 heavy (non-hydrogen) atoms. The summed E-state index contributed by atoms with van der Waals surface area (Å²) < 4.78 is 0. The fourth-order valence-corrected chi connectivity index (χ4v) is 2.45. The molecule has 1 fully saturated rings. The lowest BCUT2D eigenvalue weighted by Crippen LogP contribution is -2.37. The molecule has 1 aromatic carbocycles. The third-order valence-electron chi connectivity index (χ3n) is 3.37. The second-order valence-corrected chi connectivity index (χ2v) is 5.41. The molecule has 1 aromatic heterocycles. The van der Waals surface area contributed by atoms with Crippen LogP contribution in [0.1, 0.15) is 23.3 Å². The Labute approximate surface area is 120 Å². The summed E-state index contributed by atoms with van der Waals surface area (Å²) in [5, 5.41) is 10.3. The molecule has 0 atom stereocenters. The number of nitrogens with one attached hydrogen (secondary N) is 1. The van der Waals surface area contributed by atoms with E-state index in [1.807, 2.05) is 0 Å². The SMILES string of the molecule is O=C(O)CN(C(=O)c1cc2cc(Cl)ccc2[nH]1)C1CC1. The van der Waals surface area contributed by atoms with Crippen LogP contribution in [0.2, 0.25) is 5.02 Å². The monoisotopic (exact) mass is 292 g/mol. The van der Waals surface area contributed by atoms with E-state index in [4.69, 9.17) is 16.7 Å². The summed E-state index contributed by atoms with van der Waals surface area (Å²) in [4.78, 5) is 27.7. The zero-order chi connectivity index (χ0) is 14.3. The maximum Gasteiger partial charge on any atom is 0.323 e. The summed E-state index contributed by atoms with van der Waals surface area (Å²) in [7, 11) is 0. The predicted octanol–water partition coefficient (Wildman–Crippen LogP) is 2.51. The summed E-state index contributed by atoms with van der Waals surface area (Å²) in [6.07, 6.45) is 1.73. The van der Waals surface area contributed by atoms with Gasteiger partial charge in [0.25, 0.3) is 5.91 Å². The number of carbonyl (C=O) groups excluding carboxylic acids is 1. The number of amides is 1. The number of benzene rings is 1. The van der Waals surface area contributed by atoms with Gasteiger partial charge in [-0.05, 0) is 37.1 Å². The lowest BCUT2D eigenvalue weighted by molar-refractivity contribution is -0.137. The van der Waals surface area contributed by atoms with Crippen LogP contribution in [0.15, 0.2) is 24.3 Å². The Morgan fingerprint density at radius 1 is 1.35 bits per heavy atom. The van der Waals surface area contributed by atoms with Crippen LogP contribution < -0.4 is 0 Å². The van der Waals surface area contributed by atoms with Crippen LogP contribution in [0.25, 0.3) is 10.9 Å². The van der Waals surface area contributed by atoms with Gasteiger partial charge in [0.2, 0.25) is 0 Å². The number of carboxylic acid groups (broad SMARTS) is 1. The third kappa shape index (κ3) is 2.49. The average Bonchev–Trinajstić information content (AvgIpc) is 3.14. The van der Waals surface area contributed by atoms with E-state index in [1.54, 1.807) is 24.3 Å². The number of hydrogen-bond acceptors (Lipinski definition) is 2. The molecule has 6 heteroatoms. The lowest BCUT2D eigenvalue weighted by Gasteiger charge is -2.19. The second-order valence-electron chi connectivity index (χ2n) is 4.97. The molecule has 1 heterocycles. The zero-order valence-electron chi connectivity index (χ0n) is 10.6. The van der Waals surface area contributed by atoms with Gasteiger partial charge in [-0.1, -0.05) is 11.6 Å². The van der Waals surface area contributed by atoms with E-state index >= 15 is 0 Å². The van der Waals surface area contributed by atoms with Crippen molar-refractivity contribution in [1.82, 2.24) is 9.88 Å². The number of nitrogens with zero attached hydrogens (tertiary/aromatic N) is 1. The van der Waals surface area contributed by atoms with Crippen LogP contribution in [0.3, 0.4) is 0 Å². The first-order chi connectivity index (χ1) is 9.54. The van der Waals surface area contributed by atoms with Crippen LogP contribution in [0.4, 0.5) is 0 Å². The topological polar surface area (TPSA) is 73.4 Å². The highest BCUT2D eigenvalue weighted by atomic mass is 35.5. The van der Waals surface area contributed by atoms with Gasteiger partial charge in [0.05, 0.1) is 0 Å². The molecule has 1 aliphatic carbocycles. The van der Waals surface area contributed by atoms with Gasteiger partial charge in [-0.25, -0.2) is 0 Å². The Balaban J connectivity index is 1.92. The second kappa shape index (κ2) is 4.83. The molecule has 5 nitrogen and oxygen atoms in total. The molecule has 3 rings (SSSR count). The fourth-order valence-electron chi connectivity index (χ4n) is 2.27. The minimum atomic E-state index is -0.996. The van der Waals surface area contributed by atoms with Crippen LogP contribution in [-0.2, 0) is 4.79 Å². The summed E-state index contributed by atoms with van der Waals surface area (Å²) in [6, 6.07) is 7.06. The minimum absolute atomic E-state index is 0.0496. The summed E-state index contributed by atoms with van der Waals surface area (Å²) in [5.41, 5.74) is 1.21. The molecule has 1 aliphatic rings. The normalized spacial score (nSPS) is 14.4. The zero-order valence-corrected chi connectivity index (χ0v) is 11.4. The maximum atomic E-state index is 12.4. The Kier molecular flexibility index (Phi) is 3.14. The van der Waals surface area contributed by atoms with E-state index in [0.717, 1.165) is 23.7 Å². The highest BCUT2D eigenvalue weighted by molar-refractivity contribution is 6.31. The van der Waals surface area contributed by atoms with Crippen molar-refractivity contribution < 1.29 is 14.7 Å². The molecule has 2 N–H and O–H groups in total. The lowest BCUT2D eigenvalue weighted by atomic mass is 10.2. The van der Waals surface area contributed by atoms with Crippen molar-refractivity contribution in [2.45, 2.75) is 18.9 Å². The molecular weight excluding hydrogens is 280 g/mol. The maximum absolute atomic E-state index is 12.4. The molecule has 0 spiro atoms.